The second-order valence-electron chi connectivity index (χ2n) is 6.07. The number of aryl methyl sites for hydroxylation is 1. The molecule has 27 heavy (non-hydrogen) atoms. The van der Waals surface area contributed by atoms with Crippen LogP contribution in [0.5, 0.6) is 5.75 Å². The van der Waals surface area contributed by atoms with E-state index in [9.17, 15) is 14.7 Å². The summed E-state index contributed by atoms with van der Waals surface area (Å²) in [6, 6.07) is 13.7. The molecule has 6 nitrogen and oxygen atoms in total. The van der Waals surface area contributed by atoms with Crippen molar-refractivity contribution in [3.8, 4) is 22.6 Å². The minimum atomic E-state index is -1.20. The van der Waals surface area contributed by atoms with Gasteiger partial charge in [0.05, 0.1) is 11.3 Å². The molecule has 0 saturated heterocycles. The fourth-order valence-electron chi connectivity index (χ4n) is 3.23. The van der Waals surface area contributed by atoms with E-state index < -0.39 is 5.97 Å². The highest BCUT2D eigenvalue weighted by molar-refractivity contribution is 5.91. The fourth-order valence-corrected chi connectivity index (χ4v) is 3.23. The van der Waals surface area contributed by atoms with E-state index in [2.05, 4.69) is 4.98 Å². The molecule has 2 N–H and O–H groups in total. The third-order valence-electron chi connectivity index (χ3n) is 4.44. The van der Waals surface area contributed by atoms with Gasteiger partial charge in [0, 0.05) is 18.2 Å². The van der Waals surface area contributed by atoms with Crippen LogP contribution in [0.3, 0.4) is 0 Å². The number of hydrogen-bond acceptors (Lipinski definition) is 4. The highest BCUT2D eigenvalue weighted by atomic mass is 16.4. The van der Waals surface area contributed by atoms with Crippen LogP contribution in [0.2, 0.25) is 0 Å². The van der Waals surface area contributed by atoms with Crippen LogP contribution in [-0.4, -0.2) is 25.7 Å². The van der Waals surface area contributed by atoms with Crippen molar-refractivity contribution in [2.24, 2.45) is 0 Å². The van der Waals surface area contributed by atoms with E-state index in [1.54, 1.807) is 6.07 Å². The molecular weight excluding hydrogens is 344 g/mol. The molecule has 0 aliphatic heterocycles. The molecule has 0 fully saturated rings. The molecule has 0 aliphatic rings. The van der Waals surface area contributed by atoms with Crippen molar-refractivity contribution in [1.82, 2.24) is 9.55 Å². The molecule has 3 rings (SSSR count). The third kappa shape index (κ3) is 3.33. The van der Waals surface area contributed by atoms with Crippen LogP contribution >= 0.6 is 0 Å². The number of phenols is 1. The average molecular weight is 364 g/mol. The van der Waals surface area contributed by atoms with E-state index in [-0.39, 0.29) is 16.9 Å². The van der Waals surface area contributed by atoms with Gasteiger partial charge in [-0.05, 0) is 24.1 Å². The predicted octanol–water partition coefficient (Wildman–Crippen LogP) is 3.43. The molecule has 0 atom stereocenters. The highest BCUT2D eigenvalue weighted by Gasteiger charge is 2.19. The van der Waals surface area contributed by atoms with Gasteiger partial charge in [0.25, 0.3) is 5.56 Å². The first kappa shape index (κ1) is 18.4. The van der Waals surface area contributed by atoms with E-state index >= 15 is 0 Å². The molecule has 0 radical (unpaired) electrons. The average Bonchev–Trinajstić information content (AvgIpc) is 2.67. The van der Waals surface area contributed by atoms with Crippen molar-refractivity contribution in [2.45, 2.75) is 26.7 Å². The zero-order valence-electron chi connectivity index (χ0n) is 15.1. The Bertz CT molecular complexity index is 1060. The molecule has 0 aliphatic carbocycles. The van der Waals surface area contributed by atoms with Gasteiger partial charge < -0.3 is 14.8 Å². The van der Waals surface area contributed by atoms with E-state index in [0.29, 0.717) is 29.9 Å². The number of rotatable bonds is 5. The van der Waals surface area contributed by atoms with Crippen LogP contribution in [0.4, 0.5) is 0 Å². The van der Waals surface area contributed by atoms with Crippen molar-refractivity contribution < 1.29 is 15.0 Å². The summed E-state index contributed by atoms with van der Waals surface area (Å²) in [6.45, 7) is 3.84. The van der Waals surface area contributed by atoms with Gasteiger partial charge in [0.1, 0.15) is 17.1 Å². The first-order valence-electron chi connectivity index (χ1n) is 8.74. The largest absolute Gasteiger partial charge is 0.507 e. The molecule has 2 aromatic carbocycles. The lowest BCUT2D eigenvalue weighted by molar-refractivity contribution is 0.0694. The maximum Gasteiger partial charge on any atom is 0.339 e. The number of aromatic hydroxyl groups is 1. The number of carbonyl (C=O) groups is 1. The Balaban J connectivity index is 2.34. The lowest BCUT2D eigenvalue weighted by atomic mass is 10.0. The van der Waals surface area contributed by atoms with Crippen LogP contribution in [0.1, 0.15) is 35.7 Å². The molecule has 0 unspecified atom stereocenters. The van der Waals surface area contributed by atoms with E-state index in [1.807, 2.05) is 48.7 Å². The van der Waals surface area contributed by atoms with Gasteiger partial charge in [-0.3, -0.25) is 4.79 Å². The minimum absolute atomic E-state index is 0.174. The fraction of sp³-hybridized carbons (Fsp3) is 0.190. The van der Waals surface area contributed by atoms with E-state index in [4.69, 9.17) is 5.11 Å². The summed E-state index contributed by atoms with van der Waals surface area (Å²) in [5.41, 5.74) is 2.15. The quantitative estimate of drug-likeness (QED) is 0.724. The Labute approximate surface area is 156 Å². The Kier molecular flexibility index (Phi) is 5.07. The van der Waals surface area contributed by atoms with Gasteiger partial charge in [-0.2, -0.15) is 4.98 Å². The third-order valence-corrected chi connectivity index (χ3v) is 4.44. The van der Waals surface area contributed by atoms with Crippen molar-refractivity contribution >= 4 is 5.97 Å². The summed E-state index contributed by atoms with van der Waals surface area (Å²) in [7, 11) is 0. The number of aromatic nitrogens is 2. The molecule has 1 aromatic heterocycles. The first-order chi connectivity index (χ1) is 13.0. The molecule has 6 heteroatoms. The maximum absolute atomic E-state index is 12.7. The number of benzene rings is 2. The molecule has 138 valence electrons. The number of carboxylic acid groups (broad SMARTS) is 1. The normalized spacial score (nSPS) is 10.7. The Morgan fingerprint density at radius 3 is 2.33 bits per heavy atom. The summed E-state index contributed by atoms with van der Waals surface area (Å²) in [5, 5.41) is 19.3. The maximum atomic E-state index is 12.7. The summed E-state index contributed by atoms with van der Waals surface area (Å²) in [6.07, 6.45) is 1.08. The summed E-state index contributed by atoms with van der Waals surface area (Å²) < 4.78 is 1.83. The number of nitrogens with zero attached hydrogens (tertiary/aromatic N) is 2. The number of hydrogen-bond donors (Lipinski definition) is 2. The summed E-state index contributed by atoms with van der Waals surface area (Å²) >= 11 is 0. The smallest absolute Gasteiger partial charge is 0.339 e. The molecule has 0 bridgehead atoms. The van der Waals surface area contributed by atoms with Crippen molar-refractivity contribution in [1.29, 1.82) is 0 Å². The monoisotopic (exact) mass is 364 g/mol. The van der Waals surface area contributed by atoms with Crippen LogP contribution in [0.25, 0.3) is 16.8 Å². The topological polar surface area (TPSA) is 92.4 Å². The van der Waals surface area contributed by atoms with E-state index in [1.165, 1.54) is 12.1 Å². The van der Waals surface area contributed by atoms with Crippen molar-refractivity contribution in [2.75, 3.05) is 0 Å². The lowest BCUT2D eigenvalue weighted by Crippen LogP contribution is -2.23. The minimum Gasteiger partial charge on any atom is -0.507 e. The van der Waals surface area contributed by atoms with Gasteiger partial charge >= 0.3 is 5.97 Å². The summed E-state index contributed by atoms with van der Waals surface area (Å²) in [5.74, 6) is -0.975. The van der Waals surface area contributed by atoms with Crippen molar-refractivity contribution in [3.63, 3.8) is 0 Å². The molecular formula is C21H20N2O4. The zero-order chi connectivity index (χ0) is 19.6. The zero-order valence-corrected chi connectivity index (χ0v) is 15.1. The summed E-state index contributed by atoms with van der Waals surface area (Å²) in [4.78, 5) is 28.2. The van der Waals surface area contributed by atoms with Gasteiger partial charge in [-0.15, -0.1) is 0 Å². The standard InChI is InChI=1S/C21H20N2O4/c1-3-16-19(13-8-6-5-7-9-13)20(25)22-18(4-2)23(16)14-10-11-15(21(26)27)17(24)12-14/h5-12,24H,3-4H2,1-2H3,(H,26,27). The molecule has 0 spiro atoms. The van der Waals surface area contributed by atoms with E-state index in [0.717, 1.165) is 11.3 Å². The molecule has 0 saturated carbocycles. The highest BCUT2D eigenvalue weighted by Crippen LogP contribution is 2.27. The van der Waals surface area contributed by atoms with Crippen LogP contribution in [-0.2, 0) is 12.8 Å². The number of carboxylic acids is 1. The molecule has 1 heterocycles. The van der Waals surface area contributed by atoms with Gasteiger partial charge in [0.15, 0.2) is 0 Å². The molecule has 3 aromatic rings. The second kappa shape index (κ2) is 7.45. The second-order valence-corrected chi connectivity index (χ2v) is 6.07. The lowest BCUT2D eigenvalue weighted by Gasteiger charge is -2.20. The van der Waals surface area contributed by atoms with Gasteiger partial charge in [0.2, 0.25) is 0 Å². The molecule has 0 amide bonds. The van der Waals surface area contributed by atoms with Crippen LogP contribution in [0, 0.1) is 0 Å². The van der Waals surface area contributed by atoms with Crippen LogP contribution in [0.15, 0.2) is 53.3 Å². The predicted molar refractivity (Wildman–Crippen MR) is 103 cm³/mol. The Morgan fingerprint density at radius 2 is 1.78 bits per heavy atom. The first-order valence-corrected chi connectivity index (χ1v) is 8.74. The van der Waals surface area contributed by atoms with Gasteiger partial charge in [-0.1, -0.05) is 44.2 Å². The Hall–Kier alpha value is -3.41. The van der Waals surface area contributed by atoms with Gasteiger partial charge in [-0.25, -0.2) is 4.79 Å². The SMILES string of the molecule is CCc1nc(=O)c(-c2ccccc2)c(CC)n1-c1ccc(C(=O)O)c(O)c1. The number of aromatic carboxylic acids is 1. The van der Waals surface area contributed by atoms with Crippen molar-refractivity contribution in [3.05, 3.63) is 76.0 Å². The Morgan fingerprint density at radius 1 is 1.07 bits per heavy atom. The van der Waals surface area contributed by atoms with Crippen LogP contribution < -0.4 is 5.56 Å².